The minimum Gasteiger partial charge on any atom is -0.430 e. The summed E-state index contributed by atoms with van der Waals surface area (Å²) in [6.07, 6.45) is 2.90. The predicted octanol–water partition coefficient (Wildman–Crippen LogP) is 7.06. The van der Waals surface area contributed by atoms with Crippen LogP contribution in [0.4, 0.5) is 4.39 Å². The molecule has 2 N–H and O–H groups in total. The number of esters is 1. The molecule has 6 atom stereocenters. The fourth-order valence-corrected chi connectivity index (χ4v) is 6.20. The van der Waals surface area contributed by atoms with Crippen molar-refractivity contribution in [3.8, 4) is 0 Å². The van der Waals surface area contributed by atoms with Gasteiger partial charge in [-0.2, -0.15) is 0 Å². The van der Waals surface area contributed by atoms with Gasteiger partial charge in [-0.1, -0.05) is 71.4 Å². The van der Waals surface area contributed by atoms with Gasteiger partial charge in [0.1, 0.15) is 6.04 Å². The number of hydrogen-bond acceptors (Lipinski definition) is 5. The Hall–Kier alpha value is -1.28. The summed E-state index contributed by atoms with van der Waals surface area (Å²) in [5, 5.41) is 0.0985. The predicted molar refractivity (Wildman–Crippen MR) is 153 cm³/mol. The summed E-state index contributed by atoms with van der Waals surface area (Å²) >= 11 is 0. The van der Waals surface area contributed by atoms with Crippen molar-refractivity contribution >= 4 is 14.3 Å². The van der Waals surface area contributed by atoms with Crippen molar-refractivity contribution in [1.29, 1.82) is 0 Å². The summed E-state index contributed by atoms with van der Waals surface area (Å²) < 4.78 is 26.5. The summed E-state index contributed by atoms with van der Waals surface area (Å²) in [6.45, 7) is 18.7. The number of alkyl halides is 1. The quantitative estimate of drug-likeness (QED) is 0.204. The second kappa shape index (κ2) is 14.2. The van der Waals surface area contributed by atoms with Crippen molar-refractivity contribution in [3.63, 3.8) is 0 Å². The molecule has 0 amide bonds. The molecule has 0 spiro atoms. The van der Waals surface area contributed by atoms with Gasteiger partial charge in [-0.05, 0) is 68.1 Å². The highest BCUT2D eigenvalue weighted by atomic mass is 28.4. The van der Waals surface area contributed by atoms with Gasteiger partial charge in [0.05, 0.1) is 0 Å². The molecule has 5 nitrogen and oxygen atoms in total. The molecule has 0 aromatic heterocycles. The Kier molecular flexibility index (Phi) is 12.3. The molecule has 1 heterocycles. The average molecular weight is 537 g/mol. The second-order valence-corrected chi connectivity index (χ2v) is 17.4. The number of carbonyl (C=O) groups excluding carboxylic acids is 1. The Morgan fingerprint density at radius 3 is 2.32 bits per heavy atom. The molecule has 212 valence electrons. The van der Waals surface area contributed by atoms with Gasteiger partial charge in [0, 0.05) is 31.7 Å². The number of rotatable bonds is 14. The van der Waals surface area contributed by atoms with E-state index in [0.29, 0.717) is 31.9 Å². The van der Waals surface area contributed by atoms with Crippen LogP contribution < -0.4 is 5.73 Å². The molecule has 0 saturated carbocycles. The van der Waals surface area contributed by atoms with Crippen LogP contribution in [0.15, 0.2) is 30.3 Å². The standard InChI is InChI=1S/C30H53FN2O3Si/c1-9-14-24(22(3)32)18-26-25(21-35-37(7,8)30(4,5)6)19-27(29(34)36-28(31)15-10-2)33(26)20-23-16-12-11-13-17-23/h11-13,16-17,22,24-28H,9-10,14-15,18-21,32H2,1-8H3/t22?,24?,25-,26+,27+,28?/m0/s1. The number of carbonyl (C=O) groups is 1. The second-order valence-electron chi connectivity index (χ2n) is 12.6. The van der Waals surface area contributed by atoms with E-state index in [9.17, 15) is 9.18 Å². The highest BCUT2D eigenvalue weighted by molar-refractivity contribution is 6.74. The van der Waals surface area contributed by atoms with E-state index in [4.69, 9.17) is 14.9 Å². The number of hydrogen-bond donors (Lipinski definition) is 1. The number of ether oxygens (including phenoxy) is 1. The first-order valence-electron chi connectivity index (χ1n) is 14.3. The maximum absolute atomic E-state index is 14.4. The van der Waals surface area contributed by atoms with Crippen molar-refractivity contribution < 1.29 is 18.3 Å². The number of benzene rings is 1. The smallest absolute Gasteiger partial charge is 0.325 e. The topological polar surface area (TPSA) is 64.8 Å². The van der Waals surface area contributed by atoms with Crippen molar-refractivity contribution in [2.45, 2.75) is 129 Å². The van der Waals surface area contributed by atoms with Gasteiger partial charge in [-0.25, -0.2) is 4.39 Å². The Morgan fingerprint density at radius 2 is 1.78 bits per heavy atom. The maximum Gasteiger partial charge on any atom is 0.325 e. The number of halogens is 1. The molecule has 0 radical (unpaired) electrons. The van der Waals surface area contributed by atoms with Crippen LogP contribution in [0.3, 0.4) is 0 Å². The normalized spacial score (nSPS) is 23.6. The fraction of sp³-hybridized carbons (Fsp3) is 0.767. The number of nitrogens with two attached hydrogens (primary N) is 1. The Balaban J connectivity index is 2.41. The maximum atomic E-state index is 14.4. The third-order valence-electron chi connectivity index (χ3n) is 8.55. The summed E-state index contributed by atoms with van der Waals surface area (Å²) in [5.41, 5.74) is 7.59. The van der Waals surface area contributed by atoms with E-state index in [2.05, 4.69) is 64.7 Å². The van der Waals surface area contributed by atoms with Crippen molar-refractivity contribution in [3.05, 3.63) is 35.9 Å². The Labute approximate surface area is 226 Å². The van der Waals surface area contributed by atoms with Crippen LogP contribution in [0, 0.1) is 11.8 Å². The average Bonchev–Trinajstić information content (AvgIpc) is 3.14. The van der Waals surface area contributed by atoms with Gasteiger partial charge in [0.15, 0.2) is 8.32 Å². The van der Waals surface area contributed by atoms with Gasteiger partial charge in [-0.3, -0.25) is 9.69 Å². The molecule has 3 unspecified atom stereocenters. The molecule has 1 aromatic rings. The summed E-state index contributed by atoms with van der Waals surface area (Å²) in [5.74, 6) is 0.0368. The largest absolute Gasteiger partial charge is 0.430 e. The van der Waals surface area contributed by atoms with Crippen LogP contribution in [-0.4, -0.2) is 50.3 Å². The monoisotopic (exact) mass is 536 g/mol. The van der Waals surface area contributed by atoms with Crippen LogP contribution in [0.5, 0.6) is 0 Å². The fourth-order valence-electron chi connectivity index (χ4n) is 5.14. The van der Waals surface area contributed by atoms with Crippen LogP contribution in [0.25, 0.3) is 0 Å². The van der Waals surface area contributed by atoms with Crippen molar-refractivity contribution in [2.75, 3.05) is 6.61 Å². The minimum absolute atomic E-state index is 0.0614. The third kappa shape index (κ3) is 9.15. The van der Waals surface area contributed by atoms with Crippen LogP contribution in [0.1, 0.15) is 85.6 Å². The highest BCUT2D eigenvalue weighted by Crippen LogP contribution is 2.41. The molecule has 0 bridgehead atoms. The van der Waals surface area contributed by atoms with E-state index in [1.807, 2.05) is 25.1 Å². The van der Waals surface area contributed by atoms with Gasteiger partial charge in [0.25, 0.3) is 0 Å². The highest BCUT2D eigenvalue weighted by Gasteiger charge is 2.47. The van der Waals surface area contributed by atoms with Crippen LogP contribution in [-0.2, 0) is 20.5 Å². The van der Waals surface area contributed by atoms with Crippen molar-refractivity contribution in [1.82, 2.24) is 4.90 Å². The van der Waals surface area contributed by atoms with Crippen LogP contribution >= 0.6 is 0 Å². The summed E-state index contributed by atoms with van der Waals surface area (Å²) in [4.78, 5) is 15.6. The van der Waals surface area contributed by atoms with E-state index in [1.165, 1.54) is 0 Å². The number of likely N-dealkylation sites (tertiary alicyclic amines) is 1. The van der Waals surface area contributed by atoms with E-state index in [0.717, 1.165) is 24.8 Å². The molecule has 1 aliphatic rings. The first-order valence-corrected chi connectivity index (χ1v) is 17.2. The molecule has 2 rings (SSSR count). The van der Waals surface area contributed by atoms with Gasteiger partial charge in [-0.15, -0.1) is 0 Å². The lowest BCUT2D eigenvalue weighted by molar-refractivity contribution is -0.164. The van der Waals surface area contributed by atoms with Crippen molar-refractivity contribution in [2.24, 2.45) is 17.6 Å². The molecule has 0 aliphatic carbocycles. The molecule has 1 aromatic carbocycles. The molecule has 1 fully saturated rings. The third-order valence-corrected chi connectivity index (χ3v) is 13.0. The molecule has 37 heavy (non-hydrogen) atoms. The molecular formula is C30H53FN2O3Si. The molecule has 7 heteroatoms. The Morgan fingerprint density at radius 1 is 1.16 bits per heavy atom. The van der Waals surface area contributed by atoms with E-state index in [-0.39, 0.29) is 29.5 Å². The van der Waals surface area contributed by atoms with Gasteiger partial charge < -0.3 is 14.9 Å². The lowest BCUT2D eigenvalue weighted by Crippen LogP contribution is -2.46. The summed E-state index contributed by atoms with van der Waals surface area (Å²) in [7, 11) is -1.98. The first-order chi connectivity index (χ1) is 17.3. The molecular weight excluding hydrogens is 483 g/mol. The van der Waals surface area contributed by atoms with Gasteiger partial charge in [0.2, 0.25) is 6.36 Å². The van der Waals surface area contributed by atoms with E-state index < -0.39 is 26.7 Å². The number of nitrogens with zero attached hydrogens (tertiary/aromatic N) is 1. The zero-order valence-electron chi connectivity index (χ0n) is 24.6. The first kappa shape index (κ1) is 31.9. The minimum atomic E-state index is -1.98. The van der Waals surface area contributed by atoms with Crippen LogP contribution in [0.2, 0.25) is 18.1 Å². The van der Waals surface area contributed by atoms with E-state index in [1.54, 1.807) is 0 Å². The lowest BCUT2D eigenvalue weighted by atomic mass is 9.85. The lowest BCUT2D eigenvalue weighted by Gasteiger charge is -2.39. The molecule has 1 saturated heterocycles. The zero-order valence-corrected chi connectivity index (χ0v) is 25.6. The SMILES string of the molecule is CCCC(F)OC(=O)[C@H]1C[C@@H](CO[Si](C)(C)C(C)(C)C)[C@@H](CC(CCC)C(C)N)N1Cc1ccccc1. The molecule has 1 aliphatic heterocycles. The summed E-state index contributed by atoms with van der Waals surface area (Å²) in [6, 6.07) is 9.88. The Bertz CT molecular complexity index is 815. The zero-order chi connectivity index (χ0) is 27.8. The van der Waals surface area contributed by atoms with E-state index >= 15 is 0 Å². The van der Waals surface area contributed by atoms with Gasteiger partial charge >= 0.3 is 5.97 Å².